The average molecular weight is 463 g/mol. The van der Waals surface area contributed by atoms with Gasteiger partial charge in [-0.25, -0.2) is 4.52 Å². The predicted octanol–water partition coefficient (Wildman–Crippen LogP) is 3.84. The van der Waals surface area contributed by atoms with Crippen molar-refractivity contribution >= 4 is 29.5 Å². The van der Waals surface area contributed by atoms with Crippen molar-refractivity contribution in [2.75, 3.05) is 23.3 Å². The van der Waals surface area contributed by atoms with Gasteiger partial charge in [0.1, 0.15) is 11.2 Å². The van der Waals surface area contributed by atoms with Gasteiger partial charge in [0, 0.05) is 31.4 Å². The summed E-state index contributed by atoms with van der Waals surface area (Å²) in [6.07, 6.45) is 15.7. The first-order chi connectivity index (χ1) is 16.7. The number of terminal acetylenes is 1. The van der Waals surface area contributed by atoms with Gasteiger partial charge in [-0.2, -0.15) is 10.1 Å². The quantitative estimate of drug-likeness (QED) is 0.282. The van der Waals surface area contributed by atoms with Crippen LogP contribution < -0.4 is 15.5 Å². The summed E-state index contributed by atoms with van der Waals surface area (Å²) in [5.41, 5.74) is 1.72. The van der Waals surface area contributed by atoms with Crippen LogP contribution in [0, 0.1) is 12.8 Å². The van der Waals surface area contributed by atoms with Gasteiger partial charge in [0.15, 0.2) is 17.4 Å². The summed E-state index contributed by atoms with van der Waals surface area (Å²) in [4.78, 5) is 16.6. The number of furan rings is 1. The van der Waals surface area contributed by atoms with E-state index in [2.05, 4.69) is 43.7 Å². The van der Waals surface area contributed by atoms with Gasteiger partial charge >= 0.3 is 0 Å². The SMILES string of the molecule is C#C.CC[C@H](C)NC=O.c1coc(-c2cc(Nc3nc(N4CCCC4)nn4cccc34)n[nH]2)c1. The Bertz CT molecular complexity index is 1170. The molecule has 0 radical (unpaired) electrons. The van der Waals surface area contributed by atoms with Crippen LogP contribution in [0.4, 0.5) is 17.6 Å². The van der Waals surface area contributed by atoms with Crippen molar-refractivity contribution in [1.82, 2.24) is 30.1 Å². The van der Waals surface area contributed by atoms with Crippen molar-refractivity contribution in [1.29, 1.82) is 0 Å². The summed E-state index contributed by atoms with van der Waals surface area (Å²) in [6.45, 7) is 5.99. The molecule has 1 aliphatic rings. The van der Waals surface area contributed by atoms with Crippen LogP contribution in [0.15, 0.2) is 47.2 Å². The lowest BCUT2D eigenvalue weighted by molar-refractivity contribution is -0.110. The van der Waals surface area contributed by atoms with Crippen LogP contribution in [0.2, 0.25) is 0 Å². The lowest BCUT2D eigenvalue weighted by Gasteiger charge is -2.16. The molecule has 4 aromatic rings. The van der Waals surface area contributed by atoms with Gasteiger partial charge < -0.3 is 20.0 Å². The third-order valence-electron chi connectivity index (χ3n) is 5.34. The Morgan fingerprint density at radius 2 is 2.06 bits per heavy atom. The number of hydrogen-bond donors (Lipinski definition) is 3. The number of fused-ring (bicyclic) bond motifs is 1. The van der Waals surface area contributed by atoms with Gasteiger partial charge in [0.25, 0.3) is 0 Å². The van der Waals surface area contributed by atoms with E-state index in [-0.39, 0.29) is 0 Å². The van der Waals surface area contributed by atoms with Crippen LogP contribution in [0.25, 0.3) is 17.0 Å². The molecular formula is C24H30N8O2. The molecule has 1 aliphatic heterocycles. The minimum atomic E-state index is 0.331. The molecule has 0 aliphatic carbocycles. The van der Waals surface area contributed by atoms with Crippen molar-refractivity contribution in [3.63, 3.8) is 0 Å². The topological polar surface area (TPSA) is 116 Å². The Labute approximate surface area is 198 Å². The van der Waals surface area contributed by atoms with Crippen molar-refractivity contribution in [3.05, 3.63) is 42.8 Å². The molecule has 1 atom stereocenters. The third-order valence-corrected chi connectivity index (χ3v) is 5.34. The van der Waals surface area contributed by atoms with Gasteiger partial charge in [0.2, 0.25) is 12.4 Å². The number of carbonyl (C=O) groups excluding carboxylic acids is 1. The maximum absolute atomic E-state index is 9.66. The molecule has 0 saturated carbocycles. The zero-order valence-corrected chi connectivity index (χ0v) is 19.4. The Morgan fingerprint density at radius 1 is 1.26 bits per heavy atom. The highest BCUT2D eigenvalue weighted by Gasteiger charge is 2.18. The molecular weight excluding hydrogens is 432 g/mol. The van der Waals surface area contributed by atoms with E-state index >= 15 is 0 Å². The largest absolute Gasteiger partial charge is 0.463 e. The molecule has 0 aromatic carbocycles. The van der Waals surface area contributed by atoms with E-state index in [1.54, 1.807) is 6.26 Å². The lowest BCUT2D eigenvalue weighted by Crippen LogP contribution is -2.22. The van der Waals surface area contributed by atoms with E-state index in [9.17, 15) is 4.79 Å². The van der Waals surface area contributed by atoms with Crippen LogP contribution in [-0.4, -0.2) is 50.3 Å². The Kier molecular flexibility index (Phi) is 8.68. The second-order valence-electron chi connectivity index (χ2n) is 7.66. The number of aromatic amines is 1. The number of nitrogens with one attached hydrogen (secondary N) is 3. The fraction of sp³-hybridized carbons (Fsp3) is 0.333. The number of rotatable bonds is 7. The van der Waals surface area contributed by atoms with Crippen LogP contribution in [0.5, 0.6) is 0 Å². The Balaban J connectivity index is 0.000000313. The van der Waals surface area contributed by atoms with Gasteiger partial charge in [-0.15, -0.1) is 17.9 Å². The van der Waals surface area contributed by atoms with E-state index in [1.807, 2.05) is 54.9 Å². The van der Waals surface area contributed by atoms with Gasteiger partial charge in [-0.05, 0) is 50.5 Å². The maximum atomic E-state index is 9.66. The first-order valence-electron chi connectivity index (χ1n) is 11.2. The third kappa shape index (κ3) is 5.95. The molecule has 5 heterocycles. The van der Waals surface area contributed by atoms with Crippen molar-refractivity contribution in [3.8, 4) is 24.3 Å². The van der Waals surface area contributed by atoms with E-state index in [1.165, 1.54) is 12.8 Å². The molecule has 34 heavy (non-hydrogen) atoms. The summed E-state index contributed by atoms with van der Waals surface area (Å²) in [7, 11) is 0. The number of carbonyl (C=O) groups is 1. The molecule has 4 aromatic heterocycles. The van der Waals surface area contributed by atoms with E-state index in [0.717, 1.165) is 54.7 Å². The zero-order valence-electron chi connectivity index (χ0n) is 19.4. The second-order valence-corrected chi connectivity index (χ2v) is 7.66. The number of amides is 1. The number of hydrogen-bond acceptors (Lipinski definition) is 7. The average Bonchev–Trinajstić information content (AvgIpc) is 3.67. The molecule has 1 fully saturated rings. The van der Waals surface area contributed by atoms with Gasteiger partial charge in [-0.1, -0.05) is 6.92 Å². The highest BCUT2D eigenvalue weighted by atomic mass is 16.3. The summed E-state index contributed by atoms with van der Waals surface area (Å²) in [5.74, 6) is 2.90. The monoisotopic (exact) mass is 462 g/mol. The van der Waals surface area contributed by atoms with Gasteiger partial charge in [-0.3, -0.25) is 9.89 Å². The van der Waals surface area contributed by atoms with Crippen LogP contribution >= 0.6 is 0 Å². The smallest absolute Gasteiger partial charge is 0.245 e. The van der Waals surface area contributed by atoms with Crippen LogP contribution in [-0.2, 0) is 4.79 Å². The van der Waals surface area contributed by atoms with E-state index in [0.29, 0.717) is 11.9 Å². The minimum Gasteiger partial charge on any atom is -0.463 e. The van der Waals surface area contributed by atoms with Gasteiger partial charge in [0.05, 0.1) is 6.26 Å². The van der Waals surface area contributed by atoms with Crippen LogP contribution in [0.1, 0.15) is 33.1 Å². The normalized spacial score (nSPS) is 13.4. The molecule has 10 heteroatoms. The highest BCUT2D eigenvalue weighted by Crippen LogP contribution is 2.26. The first-order valence-corrected chi connectivity index (χ1v) is 11.2. The van der Waals surface area contributed by atoms with Crippen molar-refractivity contribution in [2.24, 2.45) is 0 Å². The summed E-state index contributed by atoms with van der Waals surface area (Å²) in [5, 5.41) is 17.8. The van der Waals surface area contributed by atoms with E-state index < -0.39 is 0 Å². The summed E-state index contributed by atoms with van der Waals surface area (Å²) < 4.78 is 7.24. The highest BCUT2D eigenvalue weighted by molar-refractivity contribution is 5.74. The molecule has 3 N–H and O–H groups in total. The van der Waals surface area contributed by atoms with Crippen molar-refractivity contribution in [2.45, 2.75) is 39.2 Å². The molecule has 10 nitrogen and oxygen atoms in total. The summed E-state index contributed by atoms with van der Waals surface area (Å²) in [6, 6.07) is 9.91. The van der Waals surface area contributed by atoms with Crippen LogP contribution in [0.3, 0.4) is 0 Å². The molecule has 0 bridgehead atoms. The molecule has 0 spiro atoms. The fourth-order valence-corrected chi connectivity index (χ4v) is 3.37. The Morgan fingerprint density at radius 3 is 2.71 bits per heavy atom. The number of aromatic nitrogens is 5. The number of nitrogens with zero attached hydrogens (tertiary/aromatic N) is 5. The maximum Gasteiger partial charge on any atom is 0.245 e. The second kappa shape index (κ2) is 12.1. The molecule has 1 amide bonds. The molecule has 5 rings (SSSR count). The van der Waals surface area contributed by atoms with Crippen molar-refractivity contribution < 1.29 is 9.21 Å². The number of H-pyrrole nitrogens is 1. The minimum absolute atomic E-state index is 0.331. The van der Waals surface area contributed by atoms with E-state index in [4.69, 9.17) is 9.40 Å². The molecule has 0 unspecified atom stereocenters. The fourth-order valence-electron chi connectivity index (χ4n) is 3.37. The summed E-state index contributed by atoms with van der Waals surface area (Å²) >= 11 is 0. The predicted molar refractivity (Wildman–Crippen MR) is 133 cm³/mol. The first kappa shape index (κ1) is 24.4. The Hall–Kier alpha value is -4.26. The standard InChI is InChI=1S/C17H17N7O.C5H11NO.C2H2/c1-2-8-23(7-1)17-19-16(13-5-3-9-24(13)22-17)18-15-11-12(20-21-15)14-6-4-10-25-14;1-3-5(2)6-4-7;1-2/h3-6,9-11H,1-2,7-8H2,(H2,18,19,20,21,22);4-5H,3H2,1-2H3,(H,6,7);1-2H/t;5-;/m.0./s1. The number of anilines is 3. The molecule has 1 saturated heterocycles. The molecule has 178 valence electrons. The lowest BCUT2D eigenvalue weighted by atomic mass is 10.3. The zero-order chi connectivity index (χ0) is 24.3.